The fourth-order valence-electron chi connectivity index (χ4n) is 2.92. The van der Waals surface area contributed by atoms with Crippen LogP contribution in [-0.2, 0) is 6.54 Å². The summed E-state index contributed by atoms with van der Waals surface area (Å²) in [5.41, 5.74) is 2.98. The molecule has 1 amide bonds. The van der Waals surface area contributed by atoms with Crippen molar-refractivity contribution in [3.05, 3.63) is 69.2 Å². The lowest BCUT2D eigenvalue weighted by Crippen LogP contribution is -2.48. The second kappa shape index (κ2) is 7.56. The Labute approximate surface area is 152 Å². The van der Waals surface area contributed by atoms with E-state index in [9.17, 15) is 4.79 Å². The minimum Gasteiger partial charge on any atom is -0.336 e. The molecule has 1 aliphatic rings. The van der Waals surface area contributed by atoms with Crippen molar-refractivity contribution in [1.29, 1.82) is 0 Å². The van der Waals surface area contributed by atoms with Gasteiger partial charge in [0.05, 0.1) is 15.6 Å². The Morgan fingerprint density at radius 3 is 2.12 bits per heavy atom. The van der Waals surface area contributed by atoms with E-state index < -0.39 is 0 Å². The monoisotopic (exact) mass is 362 g/mol. The van der Waals surface area contributed by atoms with Crippen molar-refractivity contribution in [1.82, 2.24) is 9.80 Å². The summed E-state index contributed by atoms with van der Waals surface area (Å²) in [6.45, 7) is 6.07. The first kappa shape index (κ1) is 17.3. The van der Waals surface area contributed by atoms with E-state index in [0.717, 1.165) is 19.6 Å². The van der Waals surface area contributed by atoms with Crippen molar-refractivity contribution in [2.45, 2.75) is 13.5 Å². The number of rotatable bonds is 3. The van der Waals surface area contributed by atoms with E-state index in [4.69, 9.17) is 23.2 Å². The molecule has 1 saturated heterocycles. The Bertz CT molecular complexity index is 702. The first-order valence-corrected chi connectivity index (χ1v) is 8.81. The molecule has 3 nitrogen and oxygen atoms in total. The fourth-order valence-corrected chi connectivity index (χ4v) is 3.48. The maximum atomic E-state index is 12.7. The first-order valence-electron chi connectivity index (χ1n) is 8.06. The van der Waals surface area contributed by atoms with Gasteiger partial charge in [-0.25, -0.2) is 0 Å². The third-order valence-corrected chi connectivity index (χ3v) is 4.99. The zero-order valence-corrected chi connectivity index (χ0v) is 15.1. The number of carbonyl (C=O) groups excluding carboxylic acids is 1. The van der Waals surface area contributed by atoms with E-state index in [1.165, 1.54) is 11.1 Å². The van der Waals surface area contributed by atoms with Crippen LogP contribution in [0.25, 0.3) is 0 Å². The van der Waals surface area contributed by atoms with E-state index in [1.54, 1.807) is 18.2 Å². The van der Waals surface area contributed by atoms with Gasteiger partial charge >= 0.3 is 0 Å². The van der Waals surface area contributed by atoms with Gasteiger partial charge in [-0.05, 0) is 24.6 Å². The predicted molar refractivity (Wildman–Crippen MR) is 98.8 cm³/mol. The number of amides is 1. The van der Waals surface area contributed by atoms with E-state index in [0.29, 0.717) is 28.7 Å². The van der Waals surface area contributed by atoms with Crippen LogP contribution in [0, 0.1) is 6.92 Å². The molecule has 0 saturated carbocycles. The summed E-state index contributed by atoms with van der Waals surface area (Å²) >= 11 is 12.3. The highest BCUT2D eigenvalue weighted by atomic mass is 35.5. The summed E-state index contributed by atoms with van der Waals surface area (Å²) in [6.07, 6.45) is 0. The molecule has 0 aromatic heterocycles. The molecule has 126 valence electrons. The molecule has 24 heavy (non-hydrogen) atoms. The number of benzene rings is 2. The molecular formula is C19H20Cl2N2O. The Balaban J connectivity index is 1.60. The Morgan fingerprint density at radius 2 is 1.54 bits per heavy atom. The van der Waals surface area contributed by atoms with Crippen molar-refractivity contribution in [2.24, 2.45) is 0 Å². The lowest BCUT2D eigenvalue weighted by atomic mass is 10.1. The largest absolute Gasteiger partial charge is 0.336 e. The van der Waals surface area contributed by atoms with Gasteiger partial charge < -0.3 is 4.90 Å². The number of piperazine rings is 1. The van der Waals surface area contributed by atoms with Crippen molar-refractivity contribution in [3.63, 3.8) is 0 Å². The van der Waals surface area contributed by atoms with Crippen LogP contribution in [0.15, 0.2) is 42.5 Å². The molecule has 2 aromatic carbocycles. The smallest absolute Gasteiger partial charge is 0.256 e. The first-order chi connectivity index (χ1) is 11.5. The summed E-state index contributed by atoms with van der Waals surface area (Å²) in [5, 5.41) is 0.823. The molecule has 0 radical (unpaired) electrons. The van der Waals surface area contributed by atoms with Gasteiger partial charge in [0.1, 0.15) is 0 Å². The second-order valence-electron chi connectivity index (χ2n) is 6.15. The number of hydrogen-bond acceptors (Lipinski definition) is 2. The summed E-state index contributed by atoms with van der Waals surface area (Å²) in [4.78, 5) is 16.9. The molecule has 0 aliphatic carbocycles. The number of nitrogens with zero attached hydrogens (tertiary/aromatic N) is 2. The molecule has 0 bridgehead atoms. The van der Waals surface area contributed by atoms with Gasteiger partial charge in [0.2, 0.25) is 0 Å². The lowest BCUT2D eigenvalue weighted by Gasteiger charge is -2.35. The van der Waals surface area contributed by atoms with Gasteiger partial charge in [0, 0.05) is 32.7 Å². The van der Waals surface area contributed by atoms with Gasteiger partial charge in [-0.2, -0.15) is 0 Å². The number of halogens is 2. The van der Waals surface area contributed by atoms with Gasteiger partial charge in [-0.1, -0.05) is 59.1 Å². The molecule has 0 spiro atoms. The zero-order valence-electron chi connectivity index (χ0n) is 13.6. The van der Waals surface area contributed by atoms with Gasteiger partial charge in [0.15, 0.2) is 0 Å². The third-order valence-electron chi connectivity index (χ3n) is 4.36. The molecule has 1 fully saturated rings. The van der Waals surface area contributed by atoms with Gasteiger partial charge in [-0.3, -0.25) is 9.69 Å². The molecule has 3 rings (SSSR count). The molecule has 0 unspecified atom stereocenters. The summed E-state index contributed by atoms with van der Waals surface area (Å²) < 4.78 is 0. The molecule has 1 aliphatic heterocycles. The Morgan fingerprint density at radius 1 is 0.958 bits per heavy atom. The van der Waals surface area contributed by atoms with Crippen LogP contribution in [0.5, 0.6) is 0 Å². The van der Waals surface area contributed by atoms with Crippen molar-refractivity contribution in [2.75, 3.05) is 26.2 Å². The minimum atomic E-state index is -0.0828. The Kier molecular flexibility index (Phi) is 5.44. The van der Waals surface area contributed by atoms with Crippen LogP contribution in [0.1, 0.15) is 21.5 Å². The van der Waals surface area contributed by atoms with E-state index in [-0.39, 0.29) is 5.91 Å². The predicted octanol–water partition coefficient (Wildman–Crippen LogP) is 4.26. The zero-order chi connectivity index (χ0) is 17.1. The second-order valence-corrected chi connectivity index (χ2v) is 6.97. The van der Waals surface area contributed by atoms with E-state index in [2.05, 4.69) is 36.1 Å². The highest BCUT2D eigenvalue weighted by Crippen LogP contribution is 2.26. The number of aryl methyl sites for hydroxylation is 1. The summed E-state index contributed by atoms with van der Waals surface area (Å²) in [7, 11) is 0. The van der Waals surface area contributed by atoms with Crippen LogP contribution < -0.4 is 0 Å². The average Bonchev–Trinajstić information content (AvgIpc) is 2.57. The normalized spacial score (nSPS) is 15.5. The van der Waals surface area contributed by atoms with E-state index in [1.807, 2.05) is 4.90 Å². The molecular weight excluding hydrogens is 343 g/mol. The average molecular weight is 363 g/mol. The topological polar surface area (TPSA) is 23.6 Å². The fraction of sp³-hybridized carbons (Fsp3) is 0.316. The van der Waals surface area contributed by atoms with Crippen LogP contribution in [0.2, 0.25) is 10.0 Å². The highest BCUT2D eigenvalue weighted by molar-refractivity contribution is 6.39. The van der Waals surface area contributed by atoms with Crippen LogP contribution in [0.3, 0.4) is 0 Å². The van der Waals surface area contributed by atoms with Crippen molar-refractivity contribution < 1.29 is 4.79 Å². The maximum Gasteiger partial charge on any atom is 0.256 e. The summed E-state index contributed by atoms with van der Waals surface area (Å²) in [6, 6.07) is 13.7. The van der Waals surface area contributed by atoms with Crippen molar-refractivity contribution >= 4 is 29.1 Å². The molecule has 0 atom stereocenters. The Hall–Kier alpha value is -1.55. The number of hydrogen-bond donors (Lipinski definition) is 0. The van der Waals surface area contributed by atoms with Crippen LogP contribution >= 0.6 is 23.2 Å². The maximum absolute atomic E-state index is 12.7. The minimum absolute atomic E-state index is 0.0828. The van der Waals surface area contributed by atoms with Gasteiger partial charge in [0.25, 0.3) is 5.91 Å². The number of carbonyl (C=O) groups is 1. The summed E-state index contributed by atoms with van der Waals surface area (Å²) in [5.74, 6) is -0.0828. The van der Waals surface area contributed by atoms with Crippen LogP contribution in [-0.4, -0.2) is 41.9 Å². The molecule has 1 heterocycles. The SMILES string of the molecule is Cc1ccc(CN2CCN(C(=O)c3c(Cl)cccc3Cl)CC2)cc1. The standard InChI is InChI=1S/C19H20Cl2N2O/c1-14-5-7-15(8-6-14)13-22-9-11-23(12-10-22)19(24)18-16(20)3-2-4-17(18)21/h2-8H,9-13H2,1H3. The van der Waals surface area contributed by atoms with Crippen molar-refractivity contribution in [3.8, 4) is 0 Å². The molecule has 5 heteroatoms. The quantitative estimate of drug-likeness (QED) is 0.814. The van der Waals surface area contributed by atoms with Gasteiger partial charge in [-0.15, -0.1) is 0 Å². The van der Waals surface area contributed by atoms with E-state index >= 15 is 0 Å². The highest BCUT2D eigenvalue weighted by Gasteiger charge is 2.25. The lowest BCUT2D eigenvalue weighted by molar-refractivity contribution is 0.0629. The third kappa shape index (κ3) is 3.92. The molecule has 2 aromatic rings. The van der Waals surface area contributed by atoms with Crippen LogP contribution in [0.4, 0.5) is 0 Å². The molecule has 0 N–H and O–H groups in total.